The topological polar surface area (TPSA) is 81.2 Å². The normalized spacial score (nSPS) is 12.2. The van der Waals surface area contributed by atoms with Crippen molar-refractivity contribution in [1.82, 2.24) is 0 Å². The fourth-order valence-corrected chi connectivity index (χ4v) is 1.25. The molecule has 0 radical (unpaired) electrons. The lowest BCUT2D eigenvalue weighted by Gasteiger charge is -2.13. The van der Waals surface area contributed by atoms with Crippen LogP contribution in [0.1, 0.15) is 12.5 Å². The van der Waals surface area contributed by atoms with Crippen LogP contribution in [0.4, 0.5) is 11.4 Å². The molecule has 0 aliphatic carbocycles. The summed E-state index contributed by atoms with van der Waals surface area (Å²) < 4.78 is 0. The van der Waals surface area contributed by atoms with Crippen molar-refractivity contribution in [2.45, 2.75) is 19.9 Å². The van der Waals surface area contributed by atoms with Gasteiger partial charge in [0.05, 0.1) is 4.92 Å². The fraction of sp³-hybridized carbons (Fsp3) is 0.400. The number of nitrogens with one attached hydrogen (secondary N) is 1. The minimum Gasteiger partial charge on any atom is -0.376 e. The number of nitro benzene ring substituents is 1. The van der Waals surface area contributed by atoms with Crippen molar-refractivity contribution in [2.75, 3.05) is 11.9 Å². The maximum absolute atomic E-state index is 10.7. The molecule has 5 heteroatoms. The second-order valence-electron chi connectivity index (χ2n) is 3.56. The van der Waals surface area contributed by atoms with Gasteiger partial charge in [-0.05, 0) is 25.5 Å². The maximum Gasteiger partial charge on any atom is 0.292 e. The Morgan fingerprint density at radius 2 is 2.27 bits per heavy atom. The van der Waals surface area contributed by atoms with E-state index in [1.807, 2.05) is 13.8 Å². The summed E-state index contributed by atoms with van der Waals surface area (Å²) in [5, 5.41) is 13.8. The summed E-state index contributed by atoms with van der Waals surface area (Å²) in [7, 11) is 0. The monoisotopic (exact) mass is 209 g/mol. The lowest BCUT2D eigenvalue weighted by Crippen LogP contribution is -2.25. The Balaban J connectivity index is 3.02. The second-order valence-corrected chi connectivity index (χ2v) is 3.56. The molecule has 0 fully saturated rings. The molecule has 3 N–H and O–H groups in total. The van der Waals surface area contributed by atoms with Gasteiger partial charge in [0.15, 0.2) is 0 Å². The van der Waals surface area contributed by atoms with Gasteiger partial charge in [-0.15, -0.1) is 0 Å². The molecule has 0 aromatic heterocycles. The molecule has 15 heavy (non-hydrogen) atoms. The lowest BCUT2D eigenvalue weighted by molar-refractivity contribution is -0.384. The maximum atomic E-state index is 10.7. The van der Waals surface area contributed by atoms with E-state index in [0.29, 0.717) is 12.2 Å². The molecule has 0 saturated carbocycles. The van der Waals surface area contributed by atoms with E-state index < -0.39 is 4.92 Å². The van der Waals surface area contributed by atoms with Crippen LogP contribution in [0.3, 0.4) is 0 Å². The van der Waals surface area contributed by atoms with Crippen molar-refractivity contribution in [1.29, 1.82) is 0 Å². The third kappa shape index (κ3) is 2.92. The molecular formula is C10H15N3O2. The van der Waals surface area contributed by atoms with E-state index in [-0.39, 0.29) is 11.7 Å². The smallest absolute Gasteiger partial charge is 0.292 e. The van der Waals surface area contributed by atoms with Crippen molar-refractivity contribution in [3.63, 3.8) is 0 Å². The van der Waals surface area contributed by atoms with Crippen LogP contribution in [0.15, 0.2) is 18.2 Å². The molecule has 0 bridgehead atoms. The van der Waals surface area contributed by atoms with Gasteiger partial charge in [-0.3, -0.25) is 10.1 Å². The highest BCUT2D eigenvalue weighted by molar-refractivity contribution is 5.63. The van der Waals surface area contributed by atoms with Crippen LogP contribution in [-0.4, -0.2) is 17.5 Å². The van der Waals surface area contributed by atoms with Crippen LogP contribution in [0.2, 0.25) is 0 Å². The summed E-state index contributed by atoms with van der Waals surface area (Å²) in [6.07, 6.45) is 0. The Hall–Kier alpha value is -1.62. The summed E-state index contributed by atoms with van der Waals surface area (Å²) >= 11 is 0. The number of anilines is 1. The summed E-state index contributed by atoms with van der Waals surface area (Å²) in [5.74, 6) is 0. The first-order valence-electron chi connectivity index (χ1n) is 4.76. The highest BCUT2D eigenvalue weighted by Gasteiger charge is 2.14. The standard InChI is InChI=1S/C10H15N3O2/c1-7-3-4-10(13(14)15)9(5-7)12-8(2)6-11/h3-5,8,12H,6,11H2,1-2H3. The van der Waals surface area contributed by atoms with E-state index >= 15 is 0 Å². The zero-order chi connectivity index (χ0) is 11.4. The average molecular weight is 209 g/mol. The average Bonchev–Trinajstić information content (AvgIpc) is 2.17. The van der Waals surface area contributed by atoms with Crippen LogP contribution in [0.25, 0.3) is 0 Å². The van der Waals surface area contributed by atoms with E-state index in [1.165, 1.54) is 6.07 Å². The molecule has 0 aliphatic rings. The third-order valence-corrected chi connectivity index (χ3v) is 2.10. The number of nitro groups is 1. The molecule has 5 nitrogen and oxygen atoms in total. The molecule has 0 aliphatic heterocycles. The van der Waals surface area contributed by atoms with Crippen LogP contribution < -0.4 is 11.1 Å². The van der Waals surface area contributed by atoms with Crippen molar-refractivity contribution < 1.29 is 4.92 Å². The third-order valence-electron chi connectivity index (χ3n) is 2.10. The predicted octanol–water partition coefficient (Wildman–Crippen LogP) is 1.66. The number of hydrogen-bond donors (Lipinski definition) is 2. The molecule has 0 heterocycles. The molecule has 1 unspecified atom stereocenters. The fourth-order valence-electron chi connectivity index (χ4n) is 1.25. The van der Waals surface area contributed by atoms with Gasteiger partial charge in [0.2, 0.25) is 0 Å². The van der Waals surface area contributed by atoms with Gasteiger partial charge in [-0.25, -0.2) is 0 Å². The second kappa shape index (κ2) is 4.75. The van der Waals surface area contributed by atoms with E-state index in [9.17, 15) is 10.1 Å². The van der Waals surface area contributed by atoms with E-state index in [2.05, 4.69) is 5.32 Å². The van der Waals surface area contributed by atoms with E-state index in [1.54, 1.807) is 12.1 Å². The number of aryl methyl sites for hydroxylation is 1. The minimum atomic E-state index is -0.398. The first kappa shape index (κ1) is 11.5. The largest absolute Gasteiger partial charge is 0.376 e. The van der Waals surface area contributed by atoms with Crippen LogP contribution in [0, 0.1) is 17.0 Å². The summed E-state index contributed by atoms with van der Waals surface area (Å²) in [6, 6.07) is 4.99. The van der Waals surface area contributed by atoms with Gasteiger partial charge in [0.1, 0.15) is 5.69 Å². The zero-order valence-electron chi connectivity index (χ0n) is 8.86. The molecule has 1 atom stereocenters. The van der Waals surface area contributed by atoms with Crippen molar-refractivity contribution in [3.8, 4) is 0 Å². The summed E-state index contributed by atoms with van der Waals surface area (Å²) in [5.41, 5.74) is 7.04. The van der Waals surface area contributed by atoms with Gasteiger partial charge in [0, 0.05) is 18.7 Å². The lowest BCUT2D eigenvalue weighted by atomic mass is 10.2. The van der Waals surface area contributed by atoms with Crippen molar-refractivity contribution >= 4 is 11.4 Å². The molecular weight excluding hydrogens is 194 g/mol. The van der Waals surface area contributed by atoms with Crippen molar-refractivity contribution in [3.05, 3.63) is 33.9 Å². The highest BCUT2D eigenvalue weighted by Crippen LogP contribution is 2.25. The number of nitrogens with zero attached hydrogens (tertiary/aromatic N) is 1. The van der Waals surface area contributed by atoms with Crippen LogP contribution in [0.5, 0.6) is 0 Å². The number of hydrogen-bond acceptors (Lipinski definition) is 4. The van der Waals surface area contributed by atoms with E-state index in [4.69, 9.17) is 5.73 Å². The Labute approximate surface area is 88.4 Å². The predicted molar refractivity (Wildman–Crippen MR) is 60.0 cm³/mol. The van der Waals surface area contributed by atoms with Gasteiger partial charge in [-0.2, -0.15) is 0 Å². The molecule has 1 aromatic rings. The van der Waals surface area contributed by atoms with E-state index in [0.717, 1.165) is 5.56 Å². The molecule has 1 aromatic carbocycles. The zero-order valence-corrected chi connectivity index (χ0v) is 8.86. The SMILES string of the molecule is Cc1ccc([N+](=O)[O-])c(NC(C)CN)c1. The Morgan fingerprint density at radius 1 is 1.60 bits per heavy atom. The minimum absolute atomic E-state index is 0.0190. The van der Waals surface area contributed by atoms with Crippen molar-refractivity contribution in [2.24, 2.45) is 5.73 Å². The van der Waals surface area contributed by atoms with Gasteiger partial charge >= 0.3 is 0 Å². The highest BCUT2D eigenvalue weighted by atomic mass is 16.6. The van der Waals surface area contributed by atoms with Gasteiger partial charge < -0.3 is 11.1 Å². The quantitative estimate of drug-likeness (QED) is 0.583. The summed E-state index contributed by atoms with van der Waals surface area (Å²) in [4.78, 5) is 10.3. The number of rotatable bonds is 4. The molecule has 0 saturated heterocycles. The molecule has 82 valence electrons. The Morgan fingerprint density at radius 3 is 2.80 bits per heavy atom. The van der Waals surface area contributed by atoms with Gasteiger partial charge in [-0.1, -0.05) is 6.07 Å². The molecule has 0 amide bonds. The molecule has 1 rings (SSSR count). The van der Waals surface area contributed by atoms with Crippen LogP contribution >= 0.6 is 0 Å². The summed E-state index contributed by atoms with van der Waals surface area (Å²) in [6.45, 7) is 4.21. The number of benzene rings is 1. The Bertz CT molecular complexity index is 366. The van der Waals surface area contributed by atoms with Gasteiger partial charge in [0.25, 0.3) is 5.69 Å². The Kier molecular flexibility index (Phi) is 3.62. The molecule has 0 spiro atoms. The first-order chi connectivity index (χ1) is 7.04. The van der Waals surface area contributed by atoms with Crippen LogP contribution in [-0.2, 0) is 0 Å². The first-order valence-corrected chi connectivity index (χ1v) is 4.76. The number of nitrogens with two attached hydrogens (primary N) is 1.